The molecule has 0 saturated carbocycles. The van der Waals surface area contributed by atoms with Gasteiger partial charge in [-0.15, -0.1) is 0 Å². The maximum atomic E-state index is 12.3. The number of hydrogen-bond acceptors (Lipinski definition) is 2. The molecule has 1 spiro atoms. The molecule has 18 heavy (non-hydrogen) atoms. The third-order valence-corrected chi connectivity index (χ3v) is 3.90. The van der Waals surface area contributed by atoms with Crippen LogP contribution in [-0.2, 0) is 21.6 Å². The number of benzene rings is 2. The monoisotopic (exact) mass is 236 g/mol. The minimum atomic E-state index is -0.683. The van der Waals surface area contributed by atoms with Crippen LogP contribution in [0, 0.1) is 0 Å². The van der Waals surface area contributed by atoms with Crippen LogP contribution in [0.3, 0.4) is 0 Å². The van der Waals surface area contributed by atoms with Crippen LogP contribution < -0.4 is 0 Å². The van der Waals surface area contributed by atoms with Crippen molar-refractivity contribution >= 4 is 5.78 Å². The topological polar surface area (TPSA) is 29.6 Å². The second-order valence-corrected chi connectivity index (χ2v) is 4.90. The highest BCUT2D eigenvalue weighted by atomic mass is 16.6. The molecular weight excluding hydrogens is 224 g/mol. The highest BCUT2D eigenvalue weighted by Crippen LogP contribution is 2.61. The molecule has 4 rings (SSSR count). The van der Waals surface area contributed by atoms with E-state index in [2.05, 4.69) is 0 Å². The number of Topliss-reactive ketones (excluding diaryl/α,β-unsaturated/α-hetero) is 1. The van der Waals surface area contributed by atoms with Gasteiger partial charge in [-0.05, 0) is 16.7 Å². The summed E-state index contributed by atoms with van der Waals surface area (Å²) in [5, 5.41) is 0. The largest absolute Gasteiger partial charge is 0.347 e. The number of carbonyl (C=O) groups excluding carboxylic acids is 1. The van der Waals surface area contributed by atoms with Crippen LogP contribution in [0.2, 0.25) is 0 Å². The second-order valence-electron chi connectivity index (χ2n) is 4.90. The van der Waals surface area contributed by atoms with Gasteiger partial charge in [0, 0.05) is 6.42 Å². The third-order valence-electron chi connectivity index (χ3n) is 3.90. The van der Waals surface area contributed by atoms with Gasteiger partial charge in [0.15, 0.2) is 11.4 Å². The number of rotatable bonds is 1. The highest BCUT2D eigenvalue weighted by molar-refractivity contribution is 5.98. The molecule has 1 aliphatic heterocycles. The summed E-state index contributed by atoms with van der Waals surface area (Å²) in [6.07, 6.45) is 0.398. The zero-order chi connectivity index (χ0) is 12.2. The molecule has 2 aromatic carbocycles. The number of hydrogen-bond donors (Lipinski definition) is 0. The summed E-state index contributed by atoms with van der Waals surface area (Å²) in [5.74, 6) is 0.192. The maximum Gasteiger partial charge on any atom is 0.183 e. The Morgan fingerprint density at radius 2 is 1.72 bits per heavy atom. The Morgan fingerprint density at radius 1 is 1.00 bits per heavy atom. The van der Waals surface area contributed by atoms with Crippen molar-refractivity contribution in [3.8, 4) is 0 Å². The molecule has 2 unspecified atom stereocenters. The summed E-state index contributed by atoms with van der Waals surface area (Å²) < 4.78 is 5.84. The van der Waals surface area contributed by atoms with Crippen LogP contribution in [-0.4, -0.2) is 5.78 Å². The number of epoxide rings is 1. The fourth-order valence-electron chi connectivity index (χ4n) is 2.99. The van der Waals surface area contributed by atoms with Gasteiger partial charge in [-0.3, -0.25) is 4.79 Å². The molecule has 0 amide bonds. The first kappa shape index (κ1) is 10.0. The van der Waals surface area contributed by atoms with Gasteiger partial charge in [-0.1, -0.05) is 54.6 Å². The summed E-state index contributed by atoms with van der Waals surface area (Å²) in [6.45, 7) is 0. The summed E-state index contributed by atoms with van der Waals surface area (Å²) in [6, 6.07) is 18.0. The Labute approximate surface area is 105 Å². The average molecular weight is 236 g/mol. The molecule has 1 saturated heterocycles. The Kier molecular flexibility index (Phi) is 1.84. The summed E-state index contributed by atoms with van der Waals surface area (Å²) in [7, 11) is 0. The Morgan fingerprint density at radius 3 is 2.56 bits per heavy atom. The summed E-state index contributed by atoms with van der Waals surface area (Å²) in [5.41, 5.74) is 2.57. The van der Waals surface area contributed by atoms with E-state index in [1.165, 1.54) is 0 Å². The number of ether oxygens (including phenoxy) is 1. The minimum Gasteiger partial charge on any atom is -0.347 e. The van der Waals surface area contributed by atoms with Crippen molar-refractivity contribution in [3.63, 3.8) is 0 Å². The normalized spacial score (nSPS) is 28.4. The van der Waals surface area contributed by atoms with Crippen molar-refractivity contribution in [1.82, 2.24) is 0 Å². The van der Waals surface area contributed by atoms with Crippen molar-refractivity contribution < 1.29 is 9.53 Å². The molecule has 2 nitrogen and oxygen atoms in total. The quantitative estimate of drug-likeness (QED) is 0.712. The molecule has 1 fully saturated rings. The molecule has 0 radical (unpaired) electrons. The van der Waals surface area contributed by atoms with Crippen LogP contribution in [0.1, 0.15) is 22.8 Å². The van der Waals surface area contributed by atoms with Crippen molar-refractivity contribution in [2.75, 3.05) is 0 Å². The van der Waals surface area contributed by atoms with Gasteiger partial charge in [-0.25, -0.2) is 0 Å². The number of carbonyl (C=O) groups is 1. The highest BCUT2D eigenvalue weighted by Gasteiger charge is 2.66. The van der Waals surface area contributed by atoms with Crippen molar-refractivity contribution in [3.05, 3.63) is 71.3 Å². The van der Waals surface area contributed by atoms with E-state index in [0.717, 1.165) is 16.7 Å². The SMILES string of the molecule is O=C1Cc2ccccc2C12OC2c1ccccc1. The van der Waals surface area contributed by atoms with E-state index < -0.39 is 5.60 Å². The molecule has 1 aliphatic carbocycles. The van der Waals surface area contributed by atoms with E-state index in [1.54, 1.807) is 0 Å². The maximum absolute atomic E-state index is 12.3. The number of ketones is 1. The lowest BCUT2D eigenvalue weighted by atomic mass is 9.93. The predicted octanol–water partition coefficient (Wildman–Crippen LogP) is 2.78. The van der Waals surface area contributed by atoms with Gasteiger partial charge >= 0.3 is 0 Å². The van der Waals surface area contributed by atoms with Crippen LogP contribution in [0.4, 0.5) is 0 Å². The molecule has 88 valence electrons. The Hall–Kier alpha value is -1.93. The molecule has 1 heterocycles. The Bertz CT molecular complexity index is 633. The van der Waals surface area contributed by atoms with Gasteiger partial charge in [0.05, 0.1) is 0 Å². The van der Waals surface area contributed by atoms with Crippen LogP contribution in [0.25, 0.3) is 0 Å². The molecule has 0 N–H and O–H groups in total. The first-order valence-electron chi connectivity index (χ1n) is 6.17. The van der Waals surface area contributed by atoms with Gasteiger partial charge < -0.3 is 4.74 Å². The smallest absolute Gasteiger partial charge is 0.183 e. The Balaban J connectivity index is 1.81. The van der Waals surface area contributed by atoms with E-state index in [4.69, 9.17) is 4.74 Å². The zero-order valence-electron chi connectivity index (χ0n) is 9.80. The molecular formula is C16H12O2. The first-order chi connectivity index (χ1) is 8.82. The van der Waals surface area contributed by atoms with Crippen molar-refractivity contribution in [2.45, 2.75) is 18.1 Å². The van der Waals surface area contributed by atoms with E-state index >= 15 is 0 Å². The molecule has 2 aliphatic rings. The predicted molar refractivity (Wildman–Crippen MR) is 67.1 cm³/mol. The summed E-state index contributed by atoms with van der Waals surface area (Å²) >= 11 is 0. The fourth-order valence-corrected chi connectivity index (χ4v) is 2.99. The molecule has 2 aromatic rings. The lowest BCUT2D eigenvalue weighted by Gasteiger charge is -2.04. The average Bonchev–Trinajstić information content (AvgIpc) is 3.10. The van der Waals surface area contributed by atoms with Crippen molar-refractivity contribution in [1.29, 1.82) is 0 Å². The lowest BCUT2D eigenvalue weighted by molar-refractivity contribution is -0.122. The molecule has 2 atom stereocenters. The van der Waals surface area contributed by atoms with Crippen LogP contribution in [0.5, 0.6) is 0 Å². The van der Waals surface area contributed by atoms with Gasteiger partial charge in [-0.2, -0.15) is 0 Å². The lowest BCUT2D eigenvalue weighted by Crippen LogP contribution is -2.17. The molecule has 0 bridgehead atoms. The first-order valence-corrected chi connectivity index (χ1v) is 6.17. The molecule has 2 heteroatoms. The summed E-state index contributed by atoms with van der Waals surface area (Å²) in [4.78, 5) is 12.3. The van der Waals surface area contributed by atoms with Gasteiger partial charge in [0.25, 0.3) is 0 Å². The number of fused-ring (bicyclic) bond motifs is 2. The van der Waals surface area contributed by atoms with Crippen molar-refractivity contribution in [2.24, 2.45) is 0 Å². The third kappa shape index (κ3) is 1.13. The van der Waals surface area contributed by atoms with Gasteiger partial charge in [0.1, 0.15) is 6.10 Å². The van der Waals surface area contributed by atoms with E-state index in [9.17, 15) is 4.79 Å². The van der Waals surface area contributed by atoms with E-state index in [-0.39, 0.29) is 11.9 Å². The second kappa shape index (κ2) is 3.30. The standard InChI is InChI=1S/C16H12O2/c17-14-10-12-8-4-5-9-13(12)16(14)15(18-16)11-6-2-1-3-7-11/h1-9,15H,10H2. The fraction of sp³-hybridized carbons (Fsp3) is 0.188. The zero-order valence-corrected chi connectivity index (χ0v) is 9.80. The van der Waals surface area contributed by atoms with Crippen LogP contribution in [0.15, 0.2) is 54.6 Å². The van der Waals surface area contributed by atoms with E-state index in [1.807, 2.05) is 54.6 Å². The van der Waals surface area contributed by atoms with Crippen LogP contribution >= 0.6 is 0 Å². The van der Waals surface area contributed by atoms with Gasteiger partial charge in [0.2, 0.25) is 0 Å². The molecule has 0 aromatic heterocycles. The minimum absolute atomic E-state index is 0.102. The van der Waals surface area contributed by atoms with E-state index in [0.29, 0.717) is 6.42 Å².